The average Bonchev–Trinajstić information content (AvgIpc) is 2.40. The van der Waals surface area contributed by atoms with E-state index < -0.39 is 6.10 Å². The van der Waals surface area contributed by atoms with Gasteiger partial charge in [0.2, 0.25) is 0 Å². The van der Waals surface area contributed by atoms with Gasteiger partial charge < -0.3 is 5.11 Å². The van der Waals surface area contributed by atoms with Crippen LogP contribution in [0.3, 0.4) is 0 Å². The fourth-order valence-corrected chi connectivity index (χ4v) is 2.07. The molecule has 0 aliphatic rings. The fourth-order valence-electron chi connectivity index (χ4n) is 2.07. The molecule has 18 heavy (non-hydrogen) atoms. The van der Waals surface area contributed by atoms with Crippen LogP contribution >= 0.6 is 0 Å². The first-order valence-corrected chi connectivity index (χ1v) is 6.39. The topological polar surface area (TPSA) is 33.1 Å². The van der Waals surface area contributed by atoms with Gasteiger partial charge in [0.25, 0.3) is 0 Å². The standard InChI is InChI=1S/C16H19NO/c1-13-10-15(12-17-11-13)16(18)9-5-8-14-6-3-2-4-7-14/h2-4,6-7,10-12,16,18H,5,8-9H2,1H3. The monoisotopic (exact) mass is 241 g/mol. The first-order chi connectivity index (χ1) is 8.75. The van der Waals surface area contributed by atoms with Crippen LogP contribution in [-0.4, -0.2) is 10.1 Å². The Morgan fingerprint density at radius 2 is 1.94 bits per heavy atom. The van der Waals surface area contributed by atoms with Crippen molar-refractivity contribution in [3.8, 4) is 0 Å². The predicted molar refractivity (Wildman–Crippen MR) is 73.3 cm³/mol. The molecule has 0 aliphatic carbocycles. The van der Waals surface area contributed by atoms with Gasteiger partial charge in [-0.1, -0.05) is 36.4 Å². The highest BCUT2D eigenvalue weighted by Gasteiger charge is 2.07. The van der Waals surface area contributed by atoms with Gasteiger partial charge in [-0.3, -0.25) is 4.98 Å². The molecule has 1 aromatic carbocycles. The first kappa shape index (κ1) is 12.8. The number of benzene rings is 1. The van der Waals surface area contributed by atoms with Crippen molar-refractivity contribution in [1.29, 1.82) is 0 Å². The van der Waals surface area contributed by atoms with Crippen molar-refractivity contribution in [1.82, 2.24) is 4.98 Å². The zero-order valence-corrected chi connectivity index (χ0v) is 10.7. The minimum Gasteiger partial charge on any atom is -0.388 e. The first-order valence-electron chi connectivity index (χ1n) is 6.39. The van der Waals surface area contributed by atoms with Crippen LogP contribution in [0.2, 0.25) is 0 Å². The largest absolute Gasteiger partial charge is 0.388 e. The molecule has 1 atom stereocenters. The van der Waals surface area contributed by atoms with E-state index in [1.807, 2.05) is 19.1 Å². The van der Waals surface area contributed by atoms with Crippen LogP contribution in [0.1, 0.15) is 35.6 Å². The summed E-state index contributed by atoms with van der Waals surface area (Å²) in [6, 6.07) is 12.4. The number of nitrogens with zero attached hydrogens (tertiary/aromatic N) is 1. The maximum absolute atomic E-state index is 10.1. The van der Waals surface area contributed by atoms with Gasteiger partial charge in [0.05, 0.1) is 6.10 Å². The fraction of sp³-hybridized carbons (Fsp3) is 0.312. The molecule has 2 aromatic rings. The summed E-state index contributed by atoms with van der Waals surface area (Å²) >= 11 is 0. The van der Waals surface area contributed by atoms with Gasteiger partial charge in [-0.2, -0.15) is 0 Å². The number of aliphatic hydroxyl groups is 1. The molecule has 1 heterocycles. The van der Waals surface area contributed by atoms with Crippen LogP contribution in [0.4, 0.5) is 0 Å². The highest BCUT2D eigenvalue weighted by molar-refractivity contribution is 5.19. The molecule has 0 fully saturated rings. The summed E-state index contributed by atoms with van der Waals surface area (Å²) in [5.74, 6) is 0. The van der Waals surface area contributed by atoms with Gasteiger partial charge in [-0.05, 0) is 42.9 Å². The van der Waals surface area contributed by atoms with E-state index in [4.69, 9.17) is 0 Å². The molecule has 0 radical (unpaired) electrons. The second-order valence-corrected chi connectivity index (χ2v) is 4.69. The van der Waals surface area contributed by atoms with E-state index in [9.17, 15) is 5.11 Å². The smallest absolute Gasteiger partial charge is 0.0805 e. The van der Waals surface area contributed by atoms with Crippen molar-refractivity contribution in [3.63, 3.8) is 0 Å². The van der Waals surface area contributed by atoms with E-state index in [1.54, 1.807) is 12.4 Å². The number of pyridine rings is 1. The number of aromatic nitrogens is 1. The van der Waals surface area contributed by atoms with Crippen LogP contribution in [0, 0.1) is 6.92 Å². The zero-order chi connectivity index (χ0) is 12.8. The molecule has 1 unspecified atom stereocenters. The second kappa shape index (κ2) is 6.31. The molecule has 0 bridgehead atoms. The lowest BCUT2D eigenvalue weighted by atomic mass is 10.0. The second-order valence-electron chi connectivity index (χ2n) is 4.69. The highest BCUT2D eigenvalue weighted by atomic mass is 16.3. The quantitative estimate of drug-likeness (QED) is 0.869. The third-order valence-electron chi connectivity index (χ3n) is 3.07. The molecule has 1 aromatic heterocycles. The summed E-state index contributed by atoms with van der Waals surface area (Å²) in [4.78, 5) is 4.11. The van der Waals surface area contributed by atoms with E-state index in [1.165, 1.54) is 5.56 Å². The lowest BCUT2D eigenvalue weighted by molar-refractivity contribution is 0.164. The van der Waals surface area contributed by atoms with Crippen molar-refractivity contribution in [2.24, 2.45) is 0 Å². The van der Waals surface area contributed by atoms with Gasteiger partial charge in [0, 0.05) is 12.4 Å². The Labute approximate surface area is 108 Å². The summed E-state index contributed by atoms with van der Waals surface area (Å²) in [5, 5.41) is 10.1. The van der Waals surface area contributed by atoms with Crippen LogP contribution in [-0.2, 0) is 6.42 Å². The molecule has 0 saturated heterocycles. The van der Waals surface area contributed by atoms with E-state index in [0.717, 1.165) is 30.4 Å². The summed E-state index contributed by atoms with van der Waals surface area (Å²) in [6.07, 6.45) is 5.93. The molecule has 2 heteroatoms. The van der Waals surface area contributed by atoms with Crippen LogP contribution < -0.4 is 0 Å². The van der Waals surface area contributed by atoms with E-state index in [-0.39, 0.29) is 0 Å². The molecule has 1 N–H and O–H groups in total. The predicted octanol–water partition coefficient (Wildman–Crippen LogP) is 3.45. The van der Waals surface area contributed by atoms with Crippen molar-refractivity contribution in [2.45, 2.75) is 32.3 Å². The number of aliphatic hydroxyl groups excluding tert-OH is 1. The van der Waals surface area contributed by atoms with Gasteiger partial charge in [-0.25, -0.2) is 0 Å². The Kier molecular flexibility index (Phi) is 4.48. The van der Waals surface area contributed by atoms with Gasteiger partial charge in [0.1, 0.15) is 0 Å². The van der Waals surface area contributed by atoms with Gasteiger partial charge in [0.15, 0.2) is 0 Å². The SMILES string of the molecule is Cc1cncc(C(O)CCCc2ccccc2)c1. The molecule has 2 nitrogen and oxygen atoms in total. The molecule has 0 spiro atoms. The Morgan fingerprint density at radius 3 is 2.67 bits per heavy atom. The summed E-state index contributed by atoms with van der Waals surface area (Å²) in [7, 11) is 0. The van der Waals surface area contributed by atoms with Crippen molar-refractivity contribution in [3.05, 3.63) is 65.5 Å². The highest BCUT2D eigenvalue weighted by Crippen LogP contribution is 2.19. The van der Waals surface area contributed by atoms with Crippen molar-refractivity contribution in [2.75, 3.05) is 0 Å². The molecular weight excluding hydrogens is 222 g/mol. The summed E-state index contributed by atoms with van der Waals surface area (Å²) in [6.45, 7) is 1.99. The molecule has 94 valence electrons. The maximum Gasteiger partial charge on any atom is 0.0805 e. The number of aryl methyl sites for hydroxylation is 2. The third kappa shape index (κ3) is 3.67. The molecule has 0 aliphatic heterocycles. The lowest BCUT2D eigenvalue weighted by Gasteiger charge is -2.11. The molecule has 0 amide bonds. The molecule has 0 saturated carbocycles. The Hall–Kier alpha value is -1.67. The van der Waals surface area contributed by atoms with Crippen LogP contribution in [0.25, 0.3) is 0 Å². The Morgan fingerprint density at radius 1 is 1.17 bits per heavy atom. The molecular formula is C16H19NO. The van der Waals surface area contributed by atoms with E-state index in [0.29, 0.717) is 0 Å². The van der Waals surface area contributed by atoms with Crippen molar-refractivity contribution >= 4 is 0 Å². The van der Waals surface area contributed by atoms with Crippen LogP contribution in [0.15, 0.2) is 48.8 Å². The average molecular weight is 241 g/mol. The normalized spacial score (nSPS) is 12.3. The van der Waals surface area contributed by atoms with E-state index in [2.05, 4.69) is 29.2 Å². The number of rotatable bonds is 5. The Bertz CT molecular complexity index is 481. The Balaban J connectivity index is 1.83. The van der Waals surface area contributed by atoms with Crippen molar-refractivity contribution < 1.29 is 5.11 Å². The maximum atomic E-state index is 10.1. The third-order valence-corrected chi connectivity index (χ3v) is 3.07. The van der Waals surface area contributed by atoms with Gasteiger partial charge in [-0.15, -0.1) is 0 Å². The minimum absolute atomic E-state index is 0.402. The summed E-state index contributed by atoms with van der Waals surface area (Å²) in [5.41, 5.74) is 3.34. The zero-order valence-electron chi connectivity index (χ0n) is 10.7. The molecule has 2 rings (SSSR count). The van der Waals surface area contributed by atoms with Crippen LogP contribution in [0.5, 0.6) is 0 Å². The van der Waals surface area contributed by atoms with Gasteiger partial charge >= 0.3 is 0 Å². The summed E-state index contributed by atoms with van der Waals surface area (Å²) < 4.78 is 0. The number of hydrogen-bond donors (Lipinski definition) is 1. The lowest BCUT2D eigenvalue weighted by Crippen LogP contribution is -1.99. The van der Waals surface area contributed by atoms with E-state index >= 15 is 0 Å². The number of hydrogen-bond acceptors (Lipinski definition) is 2. The minimum atomic E-state index is -0.402.